The van der Waals surface area contributed by atoms with Crippen molar-refractivity contribution in [1.82, 2.24) is 10.6 Å². The molecule has 1 aliphatic carbocycles. The van der Waals surface area contributed by atoms with Crippen molar-refractivity contribution in [3.63, 3.8) is 0 Å². The number of ether oxygens (including phenoxy) is 1. The van der Waals surface area contributed by atoms with Crippen LogP contribution in [0.5, 0.6) is 5.75 Å². The van der Waals surface area contributed by atoms with E-state index in [1.165, 1.54) is 18.2 Å². The van der Waals surface area contributed by atoms with Gasteiger partial charge in [0.25, 0.3) is 15.9 Å². The maximum atomic E-state index is 12.8. The Kier molecular flexibility index (Phi) is 8.57. The number of benzene rings is 2. The van der Waals surface area contributed by atoms with E-state index in [0.29, 0.717) is 18.0 Å². The van der Waals surface area contributed by atoms with Gasteiger partial charge in [-0.3, -0.25) is 14.3 Å². The quantitative estimate of drug-likeness (QED) is 0.466. The number of amides is 2. The van der Waals surface area contributed by atoms with Crippen LogP contribution in [-0.4, -0.2) is 39.4 Å². The highest BCUT2D eigenvalue weighted by atomic mass is 35.5. The summed E-state index contributed by atoms with van der Waals surface area (Å²) in [5, 5.41) is 5.70. The van der Waals surface area contributed by atoms with E-state index in [1.54, 1.807) is 24.3 Å². The summed E-state index contributed by atoms with van der Waals surface area (Å²) < 4.78 is 33.4. The van der Waals surface area contributed by atoms with E-state index >= 15 is 0 Å². The predicted octanol–water partition coefficient (Wildman–Crippen LogP) is 3.72. The number of rotatable bonds is 10. The highest BCUT2D eigenvalue weighted by molar-refractivity contribution is 7.92. The summed E-state index contributed by atoms with van der Waals surface area (Å²) in [6.07, 6.45) is 4.34. The van der Waals surface area contributed by atoms with Gasteiger partial charge in [0.2, 0.25) is 5.91 Å². The lowest BCUT2D eigenvalue weighted by Gasteiger charge is -2.13. The molecule has 0 aromatic heterocycles. The third-order valence-electron chi connectivity index (χ3n) is 5.27. The smallest absolute Gasteiger partial charge is 0.261 e. The van der Waals surface area contributed by atoms with E-state index in [2.05, 4.69) is 15.4 Å². The highest BCUT2D eigenvalue weighted by Gasteiger charge is 2.20. The Morgan fingerprint density at radius 2 is 1.79 bits per heavy atom. The second-order valence-electron chi connectivity index (χ2n) is 7.76. The Balaban J connectivity index is 1.61. The first-order chi connectivity index (χ1) is 15.8. The van der Waals surface area contributed by atoms with Gasteiger partial charge >= 0.3 is 0 Å². The van der Waals surface area contributed by atoms with Gasteiger partial charge in [-0.1, -0.05) is 24.4 Å². The molecule has 1 aliphatic rings. The topological polar surface area (TPSA) is 114 Å². The summed E-state index contributed by atoms with van der Waals surface area (Å²) >= 11 is 6.13. The van der Waals surface area contributed by atoms with E-state index < -0.39 is 15.9 Å². The second-order valence-corrected chi connectivity index (χ2v) is 9.85. The van der Waals surface area contributed by atoms with Crippen LogP contribution in [0.3, 0.4) is 0 Å². The van der Waals surface area contributed by atoms with Crippen LogP contribution in [0.1, 0.15) is 49.4 Å². The minimum atomic E-state index is -3.95. The lowest BCUT2D eigenvalue weighted by molar-refractivity contribution is -0.121. The summed E-state index contributed by atoms with van der Waals surface area (Å²) in [5.74, 6) is -0.0428. The molecule has 0 saturated heterocycles. The van der Waals surface area contributed by atoms with E-state index in [9.17, 15) is 18.0 Å². The van der Waals surface area contributed by atoms with Crippen molar-refractivity contribution >= 4 is 39.1 Å². The molecule has 2 amide bonds. The lowest BCUT2D eigenvalue weighted by Crippen LogP contribution is -2.35. The number of sulfonamides is 1. The maximum absolute atomic E-state index is 12.8. The number of carbonyl (C=O) groups excluding carboxylic acids is 2. The van der Waals surface area contributed by atoms with Crippen LogP contribution in [-0.2, 0) is 14.8 Å². The van der Waals surface area contributed by atoms with E-state index in [-0.39, 0.29) is 40.4 Å². The molecular weight excluding hydrogens is 466 g/mol. The Morgan fingerprint density at radius 3 is 2.45 bits per heavy atom. The number of halogens is 1. The summed E-state index contributed by atoms with van der Waals surface area (Å²) in [7, 11) is -3.95. The van der Waals surface area contributed by atoms with E-state index in [1.807, 2.05) is 6.92 Å². The van der Waals surface area contributed by atoms with Crippen LogP contribution >= 0.6 is 11.6 Å². The molecule has 10 heteroatoms. The number of hydrogen-bond acceptors (Lipinski definition) is 5. The summed E-state index contributed by atoms with van der Waals surface area (Å²) in [4.78, 5) is 24.5. The summed E-state index contributed by atoms with van der Waals surface area (Å²) in [5.41, 5.74) is 0.370. The zero-order valence-electron chi connectivity index (χ0n) is 18.4. The minimum absolute atomic E-state index is 0.0161. The summed E-state index contributed by atoms with van der Waals surface area (Å²) in [6.45, 7) is 2.48. The van der Waals surface area contributed by atoms with Crippen LogP contribution in [0, 0.1) is 0 Å². The first-order valence-corrected chi connectivity index (χ1v) is 12.8. The molecule has 33 heavy (non-hydrogen) atoms. The van der Waals surface area contributed by atoms with Gasteiger partial charge in [0.1, 0.15) is 5.75 Å². The van der Waals surface area contributed by atoms with Gasteiger partial charge < -0.3 is 15.4 Å². The molecule has 2 aromatic carbocycles. The third-order valence-corrected chi connectivity index (χ3v) is 6.98. The number of carbonyl (C=O) groups is 2. The highest BCUT2D eigenvalue weighted by Crippen LogP contribution is 2.24. The zero-order valence-corrected chi connectivity index (χ0v) is 20.0. The molecule has 3 rings (SSSR count). The van der Waals surface area contributed by atoms with Crippen LogP contribution in [0.4, 0.5) is 5.69 Å². The molecule has 3 N–H and O–H groups in total. The lowest BCUT2D eigenvalue weighted by atomic mass is 10.2. The van der Waals surface area contributed by atoms with Crippen LogP contribution in [0.15, 0.2) is 47.4 Å². The van der Waals surface area contributed by atoms with E-state index in [0.717, 1.165) is 25.7 Å². The van der Waals surface area contributed by atoms with E-state index in [4.69, 9.17) is 16.3 Å². The summed E-state index contributed by atoms with van der Waals surface area (Å²) in [6, 6.07) is 10.6. The molecular formula is C23H28ClN3O5S. The van der Waals surface area contributed by atoms with Crippen LogP contribution in [0.25, 0.3) is 0 Å². The van der Waals surface area contributed by atoms with Crippen molar-refractivity contribution < 1.29 is 22.7 Å². The Bertz CT molecular complexity index is 1080. The molecule has 0 heterocycles. The molecule has 0 aliphatic heterocycles. The molecule has 178 valence electrons. The van der Waals surface area contributed by atoms with Gasteiger partial charge in [-0.05, 0) is 62.2 Å². The zero-order chi connectivity index (χ0) is 23.8. The largest absolute Gasteiger partial charge is 0.494 e. The fraction of sp³-hybridized carbons (Fsp3) is 0.391. The van der Waals surface area contributed by atoms with Crippen LogP contribution < -0.4 is 20.1 Å². The van der Waals surface area contributed by atoms with Gasteiger partial charge in [0.15, 0.2) is 0 Å². The molecule has 1 fully saturated rings. The SMILES string of the molecule is CCOc1ccc(NS(=O)(=O)c2ccc(Cl)c(C(=O)NCCC(=O)NC3CCCC3)c2)cc1. The average molecular weight is 494 g/mol. The van der Waals surface area contributed by atoms with Crippen molar-refractivity contribution in [2.45, 2.75) is 50.0 Å². The van der Waals surface area contributed by atoms with Gasteiger partial charge in [0, 0.05) is 24.7 Å². The Labute approximate surface area is 199 Å². The molecule has 0 bridgehead atoms. The van der Waals surface area contributed by atoms with Gasteiger partial charge in [-0.25, -0.2) is 8.42 Å². The Morgan fingerprint density at radius 1 is 1.09 bits per heavy atom. The number of nitrogens with one attached hydrogen (secondary N) is 3. The van der Waals surface area contributed by atoms with Crippen molar-refractivity contribution in [1.29, 1.82) is 0 Å². The van der Waals surface area contributed by atoms with Crippen LogP contribution in [0.2, 0.25) is 5.02 Å². The number of anilines is 1. The van der Waals surface area contributed by atoms with Crippen molar-refractivity contribution in [3.8, 4) is 5.75 Å². The predicted molar refractivity (Wildman–Crippen MR) is 127 cm³/mol. The third kappa shape index (κ3) is 7.10. The molecule has 0 unspecified atom stereocenters. The fourth-order valence-electron chi connectivity index (χ4n) is 3.60. The molecule has 1 saturated carbocycles. The van der Waals surface area contributed by atoms with Crippen molar-refractivity contribution in [2.24, 2.45) is 0 Å². The molecule has 0 radical (unpaired) electrons. The molecule has 0 atom stereocenters. The van der Waals surface area contributed by atoms with Gasteiger partial charge in [-0.2, -0.15) is 0 Å². The van der Waals surface area contributed by atoms with Gasteiger partial charge in [0.05, 0.1) is 22.1 Å². The maximum Gasteiger partial charge on any atom is 0.261 e. The molecule has 2 aromatic rings. The minimum Gasteiger partial charge on any atom is -0.494 e. The monoisotopic (exact) mass is 493 g/mol. The first-order valence-electron chi connectivity index (χ1n) is 10.9. The normalized spacial score (nSPS) is 14.0. The first kappa shape index (κ1) is 24.9. The molecule has 8 nitrogen and oxygen atoms in total. The standard InChI is InChI=1S/C23H28ClN3O5S/c1-2-32-18-9-7-17(8-10-18)27-33(30,31)19-11-12-21(24)20(15-19)23(29)25-14-13-22(28)26-16-5-3-4-6-16/h7-12,15-16,27H,2-6,13-14H2,1H3,(H,25,29)(H,26,28). The fourth-order valence-corrected chi connectivity index (χ4v) is 4.89. The average Bonchev–Trinajstić information content (AvgIpc) is 3.28. The second kappa shape index (κ2) is 11.4. The van der Waals surface area contributed by atoms with Crippen molar-refractivity contribution in [3.05, 3.63) is 53.1 Å². The Hall–Kier alpha value is -2.78. The molecule has 0 spiro atoms. The number of hydrogen-bond donors (Lipinski definition) is 3. The van der Waals surface area contributed by atoms with Crippen molar-refractivity contribution in [2.75, 3.05) is 17.9 Å². The van der Waals surface area contributed by atoms with Gasteiger partial charge in [-0.15, -0.1) is 0 Å².